The number of hydrogen-bond donors (Lipinski definition) is 2. The summed E-state index contributed by atoms with van der Waals surface area (Å²) in [5, 5.41) is 11.5. The molecule has 5 heteroatoms. The molecule has 0 saturated heterocycles. The first-order valence-corrected chi connectivity index (χ1v) is 6.04. The number of hydrogen-bond acceptors (Lipinski definition) is 2. The van der Waals surface area contributed by atoms with E-state index < -0.39 is 0 Å². The maximum Gasteiger partial charge on any atom is 0.166 e. The van der Waals surface area contributed by atoms with Crippen LogP contribution in [0, 0.1) is 6.92 Å². The molecule has 1 unspecified atom stereocenters. The van der Waals surface area contributed by atoms with Gasteiger partial charge in [-0.2, -0.15) is 5.10 Å². The summed E-state index contributed by atoms with van der Waals surface area (Å²) in [5.41, 5.74) is 2.37. The molecule has 2 N–H and O–H groups in total. The molecule has 0 aromatic carbocycles. The zero-order valence-electron chi connectivity index (χ0n) is 9.95. The van der Waals surface area contributed by atoms with Gasteiger partial charge >= 0.3 is 0 Å². The predicted octanol–water partition coefficient (Wildman–Crippen LogP) is 1.42. The molecule has 4 nitrogen and oxygen atoms in total. The molecule has 0 bridgehead atoms. The average molecular weight is 238 g/mol. The number of nitrogens with zero attached hydrogens (tertiary/aromatic N) is 2. The molecular formula is C11H18N4S. The van der Waals surface area contributed by atoms with E-state index in [0.717, 1.165) is 5.11 Å². The van der Waals surface area contributed by atoms with E-state index in [1.54, 1.807) is 0 Å². The fraction of sp³-hybridized carbons (Fsp3) is 0.636. The Hall–Kier alpha value is -1.10. The Morgan fingerprint density at radius 2 is 2.31 bits per heavy atom. The van der Waals surface area contributed by atoms with Gasteiger partial charge in [-0.15, -0.1) is 0 Å². The van der Waals surface area contributed by atoms with Crippen molar-refractivity contribution in [1.29, 1.82) is 0 Å². The van der Waals surface area contributed by atoms with Gasteiger partial charge in [-0.25, -0.2) is 0 Å². The van der Waals surface area contributed by atoms with Gasteiger partial charge < -0.3 is 10.6 Å². The molecule has 2 rings (SSSR count). The van der Waals surface area contributed by atoms with Crippen LogP contribution in [0.25, 0.3) is 0 Å². The van der Waals surface area contributed by atoms with E-state index in [-0.39, 0.29) is 6.04 Å². The highest BCUT2D eigenvalue weighted by Crippen LogP contribution is 2.19. The SMILES string of the molecule is Cc1c(C(C)NC(=S)NC2CC2)cnn1C. The number of thiocarbonyl (C=S) groups is 1. The van der Waals surface area contributed by atoms with Gasteiger partial charge in [0.05, 0.1) is 12.2 Å². The van der Waals surface area contributed by atoms with Gasteiger partial charge in [-0.1, -0.05) is 0 Å². The highest BCUT2D eigenvalue weighted by atomic mass is 32.1. The van der Waals surface area contributed by atoms with E-state index in [9.17, 15) is 0 Å². The van der Waals surface area contributed by atoms with Crippen molar-refractivity contribution in [2.24, 2.45) is 7.05 Å². The van der Waals surface area contributed by atoms with Crippen LogP contribution in [0.4, 0.5) is 0 Å². The summed E-state index contributed by atoms with van der Waals surface area (Å²) in [4.78, 5) is 0. The van der Waals surface area contributed by atoms with Gasteiger partial charge in [0.15, 0.2) is 5.11 Å². The lowest BCUT2D eigenvalue weighted by Gasteiger charge is -2.16. The maximum atomic E-state index is 5.25. The van der Waals surface area contributed by atoms with Gasteiger partial charge in [-0.3, -0.25) is 4.68 Å². The summed E-state index contributed by atoms with van der Waals surface area (Å²) in [6.45, 7) is 4.17. The van der Waals surface area contributed by atoms with E-state index in [1.165, 1.54) is 24.1 Å². The van der Waals surface area contributed by atoms with Gasteiger partial charge in [0.25, 0.3) is 0 Å². The van der Waals surface area contributed by atoms with Crippen molar-refractivity contribution in [1.82, 2.24) is 20.4 Å². The highest BCUT2D eigenvalue weighted by Gasteiger charge is 2.22. The van der Waals surface area contributed by atoms with Crippen molar-refractivity contribution in [2.45, 2.75) is 38.8 Å². The fourth-order valence-corrected chi connectivity index (χ4v) is 2.01. The van der Waals surface area contributed by atoms with Crippen LogP contribution in [0.2, 0.25) is 0 Å². The molecule has 1 heterocycles. The van der Waals surface area contributed by atoms with E-state index in [2.05, 4.69) is 29.6 Å². The Bertz CT molecular complexity index is 395. The first-order chi connectivity index (χ1) is 7.58. The van der Waals surface area contributed by atoms with Crippen LogP contribution in [0.3, 0.4) is 0 Å². The number of aromatic nitrogens is 2. The molecular weight excluding hydrogens is 220 g/mol. The standard InChI is InChI=1S/C11H18N4S/c1-7(10-6-12-15(3)8(10)2)13-11(16)14-9-4-5-9/h6-7,9H,4-5H2,1-3H3,(H2,13,14,16). The second-order valence-electron chi connectivity index (χ2n) is 4.42. The van der Waals surface area contributed by atoms with Crippen molar-refractivity contribution in [3.8, 4) is 0 Å². The van der Waals surface area contributed by atoms with Crippen molar-refractivity contribution in [2.75, 3.05) is 0 Å². The summed E-state index contributed by atoms with van der Waals surface area (Å²) < 4.78 is 1.88. The third kappa shape index (κ3) is 2.52. The van der Waals surface area contributed by atoms with Crippen molar-refractivity contribution in [3.05, 3.63) is 17.5 Å². The van der Waals surface area contributed by atoms with Crippen LogP contribution in [0.15, 0.2) is 6.20 Å². The predicted molar refractivity (Wildman–Crippen MR) is 68.3 cm³/mol. The Morgan fingerprint density at radius 1 is 1.62 bits per heavy atom. The number of rotatable bonds is 3. The lowest BCUT2D eigenvalue weighted by molar-refractivity contribution is 0.683. The van der Waals surface area contributed by atoms with Crippen LogP contribution >= 0.6 is 12.2 Å². The van der Waals surface area contributed by atoms with E-state index >= 15 is 0 Å². The normalized spacial score (nSPS) is 16.9. The third-order valence-corrected chi connectivity index (χ3v) is 3.24. The van der Waals surface area contributed by atoms with Gasteiger partial charge in [0, 0.05) is 24.3 Å². The monoisotopic (exact) mass is 238 g/mol. The van der Waals surface area contributed by atoms with Crippen LogP contribution in [0.1, 0.15) is 37.1 Å². The number of aryl methyl sites for hydroxylation is 1. The van der Waals surface area contributed by atoms with E-state index in [4.69, 9.17) is 12.2 Å². The van der Waals surface area contributed by atoms with Crippen molar-refractivity contribution in [3.63, 3.8) is 0 Å². The molecule has 1 aromatic heterocycles. The Kier molecular flexibility index (Phi) is 3.14. The molecule has 16 heavy (non-hydrogen) atoms. The molecule has 0 spiro atoms. The summed E-state index contributed by atoms with van der Waals surface area (Å²) >= 11 is 5.25. The lowest BCUT2D eigenvalue weighted by Crippen LogP contribution is -2.38. The fourth-order valence-electron chi connectivity index (χ4n) is 1.67. The quantitative estimate of drug-likeness (QED) is 0.782. The summed E-state index contributed by atoms with van der Waals surface area (Å²) in [6, 6.07) is 0.801. The smallest absolute Gasteiger partial charge is 0.166 e. The Balaban J connectivity index is 1.93. The molecule has 1 fully saturated rings. The van der Waals surface area contributed by atoms with Gasteiger partial charge in [0.2, 0.25) is 0 Å². The molecule has 0 amide bonds. The van der Waals surface area contributed by atoms with Crippen LogP contribution in [-0.2, 0) is 7.05 Å². The average Bonchev–Trinajstić information content (AvgIpc) is 2.94. The molecule has 0 radical (unpaired) electrons. The second kappa shape index (κ2) is 4.41. The molecule has 0 aliphatic heterocycles. The number of nitrogens with one attached hydrogen (secondary N) is 2. The zero-order chi connectivity index (χ0) is 11.7. The summed E-state index contributed by atoms with van der Waals surface area (Å²) in [7, 11) is 1.95. The van der Waals surface area contributed by atoms with Crippen LogP contribution < -0.4 is 10.6 Å². The minimum atomic E-state index is 0.201. The van der Waals surface area contributed by atoms with Crippen LogP contribution in [0.5, 0.6) is 0 Å². The zero-order valence-corrected chi connectivity index (χ0v) is 10.8. The molecule has 1 aliphatic carbocycles. The summed E-state index contributed by atoms with van der Waals surface area (Å²) in [5.74, 6) is 0. The van der Waals surface area contributed by atoms with E-state index in [0.29, 0.717) is 6.04 Å². The third-order valence-electron chi connectivity index (χ3n) is 3.00. The topological polar surface area (TPSA) is 41.9 Å². The Morgan fingerprint density at radius 3 is 2.81 bits per heavy atom. The minimum Gasteiger partial charge on any atom is -0.360 e. The molecule has 1 aliphatic rings. The molecule has 1 atom stereocenters. The molecule has 1 saturated carbocycles. The Labute approximate surface area is 101 Å². The molecule has 1 aromatic rings. The largest absolute Gasteiger partial charge is 0.360 e. The lowest BCUT2D eigenvalue weighted by atomic mass is 10.1. The first kappa shape index (κ1) is 11.4. The molecule has 88 valence electrons. The van der Waals surface area contributed by atoms with Gasteiger partial charge in [0.1, 0.15) is 0 Å². The minimum absolute atomic E-state index is 0.201. The van der Waals surface area contributed by atoms with Crippen molar-refractivity contribution >= 4 is 17.3 Å². The second-order valence-corrected chi connectivity index (χ2v) is 4.83. The van der Waals surface area contributed by atoms with Crippen molar-refractivity contribution < 1.29 is 0 Å². The van der Waals surface area contributed by atoms with E-state index in [1.807, 2.05) is 17.9 Å². The summed E-state index contributed by atoms with van der Waals surface area (Å²) in [6.07, 6.45) is 4.37. The first-order valence-electron chi connectivity index (χ1n) is 5.63. The van der Waals surface area contributed by atoms with Gasteiger partial charge in [-0.05, 0) is 38.9 Å². The maximum absolute atomic E-state index is 5.25. The van der Waals surface area contributed by atoms with Crippen LogP contribution in [-0.4, -0.2) is 20.9 Å². The highest BCUT2D eigenvalue weighted by molar-refractivity contribution is 7.80.